The quantitative estimate of drug-likeness (QED) is 0.809. The molecule has 5 heteroatoms. The van der Waals surface area contributed by atoms with Crippen LogP contribution in [0.4, 0.5) is 5.69 Å². The third-order valence-corrected chi connectivity index (χ3v) is 5.10. The van der Waals surface area contributed by atoms with Crippen molar-refractivity contribution >= 4 is 30.5 Å². The van der Waals surface area contributed by atoms with E-state index in [4.69, 9.17) is 4.74 Å². The van der Waals surface area contributed by atoms with E-state index >= 15 is 0 Å². The molecular formula is C18H30Cl2N2O. The molecule has 0 amide bonds. The third kappa shape index (κ3) is 4.07. The summed E-state index contributed by atoms with van der Waals surface area (Å²) < 4.78 is 6.54. The molecule has 1 aliphatic heterocycles. The van der Waals surface area contributed by atoms with Crippen LogP contribution >= 0.6 is 24.8 Å². The van der Waals surface area contributed by atoms with E-state index in [0.717, 1.165) is 18.7 Å². The number of hydrogen-bond donors (Lipinski definition) is 0. The second kappa shape index (κ2) is 7.96. The van der Waals surface area contributed by atoms with E-state index in [1.807, 2.05) is 0 Å². The van der Waals surface area contributed by atoms with Gasteiger partial charge in [0.05, 0.1) is 0 Å². The smallest absolute Gasteiger partial charge is 0.123 e. The second-order valence-corrected chi connectivity index (χ2v) is 7.24. The SMILES string of the molecule is CN(C)C[C@H]1CCCC[C@]12Cc1cc(N(C)C)ccc1O2.Cl.Cl. The Kier molecular flexibility index (Phi) is 7.06. The lowest BCUT2D eigenvalue weighted by atomic mass is 9.73. The summed E-state index contributed by atoms with van der Waals surface area (Å²) in [6, 6.07) is 6.65. The first-order valence-electron chi connectivity index (χ1n) is 8.14. The third-order valence-electron chi connectivity index (χ3n) is 5.10. The lowest BCUT2D eigenvalue weighted by Crippen LogP contribution is -2.48. The summed E-state index contributed by atoms with van der Waals surface area (Å²) in [4.78, 5) is 4.48. The molecule has 1 saturated carbocycles. The molecule has 23 heavy (non-hydrogen) atoms. The van der Waals surface area contributed by atoms with Gasteiger partial charge in [0.25, 0.3) is 0 Å². The van der Waals surface area contributed by atoms with Crippen molar-refractivity contribution in [3.63, 3.8) is 0 Å². The summed E-state index contributed by atoms with van der Waals surface area (Å²) >= 11 is 0. The van der Waals surface area contributed by atoms with Crippen molar-refractivity contribution in [3.05, 3.63) is 23.8 Å². The van der Waals surface area contributed by atoms with Crippen molar-refractivity contribution in [1.29, 1.82) is 0 Å². The molecule has 1 spiro atoms. The van der Waals surface area contributed by atoms with Crippen molar-refractivity contribution < 1.29 is 4.74 Å². The van der Waals surface area contributed by atoms with Gasteiger partial charge in [0, 0.05) is 44.2 Å². The van der Waals surface area contributed by atoms with Gasteiger partial charge in [-0.2, -0.15) is 0 Å². The fourth-order valence-corrected chi connectivity index (χ4v) is 4.01. The molecule has 0 radical (unpaired) electrons. The average Bonchev–Trinajstić information content (AvgIpc) is 2.78. The van der Waals surface area contributed by atoms with E-state index < -0.39 is 0 Å². The topological polar surface area (TPSA) is 15.7 Å². The van der Waals surface area contributed by atoms with Crippen molar-refractivity contribution in [2.75, 3.05) is 39.6 Å². The number of ether oxygens (including phenoxy) is 1. The highest BCUT2D eigenvalue weighted by Gasteiger charge is 2.47. The van der Waals surface area contributed by atoms with Gasteiger partial charge in [-0.3, -0.25) is 0 Å². The molecule has 1 aromatic carbocycles. The van der Waals surface area contributed by atoms with Crippen LogP contribution in [-0.4, -0.2) is 45.2 Å². The highest BCUT2D eigenvalue weighted by molar-refractivity contribution is 5.85. The monoisotopic (exact) mass is 360 g/mol. The van der Waals surface area contributed by atoms with Crippen molar-refractivity contribution in [3.8, 4) is 5.75 Å². The number of benzene rings is 1. The summed E-state index contributed by atoms with van der Waals surface area (Å²) in [6.45, 7) is 1.13. The van der Waals surface area contributed by atoms with Gasteiger partial charge in [-0.05, 0) is 51.6 Å². The average molecular weight is 361 g/mol. The van der Waals surface area contributed by atoms with Gasteiger partial charge in [0.1, 0.15) is 11.4 Å². The van der Waals surface area contributed by atoms with E-state index in [1.165, 1.54) is 36.9 Å². The molecule has 2 atom stereocenters. The maximum Gasteiger partial charge on any atom is 0.123 e. The zero-order valence-corrected chi connectivity index (χ0v) is 16.3. The van der Waals surface area contributed by atoms with Crippen LogP contribution in [0, 0.1) is 5.92 Å². The molecule has 0 saturated heterocycles. The predicted octanol–water partition coefficient (Wildman–Crippen LogP) is 4.02. The number of fused-ring (bicyclic) bond motifs is 1. The van der Waals surface area contributed by atoms with Gasteiger partial charge in [-0.25, -0.2) is 0 Å². The normalized spacial score (nSPS) is 25.3. The highest BCUT2D eigenvalue weighted by atomic mass is 35.5. The highest BCUT2D eigenvalue weighted by Crippen LogP contribution is 2.47. The van der Waals surface area contributed by atoms with Crippen LogP contribution in [0.1, 0.15) is 31.2 Å². The van der Waals surface area contributed by atoms with Gasteiger partial charge in [0.2, 0.25) is 0 Å². The first-order chi connectivity index (χ1) is 10.00. The molecule has 3 nitrogen and oxygen atoms in total. The molecule has 0 bridgehead atoms. The first-order valence-corrected chi connectivity index (χ1v) is 8.14. The zero-order valence-electron chi connectivity index (χ0n) is 14.7. The van der Waals surface area contributed by atoms with E-state index in [1.54, 1.807) is 0 Å². The fourth-order valence-electron chi connectivity index (χ4n) is 4.01. The maximum atomic E-state index is 6.54. The van der Waals surface area contributed by atoms with Crippen LogP contribution in [0.25, 0.3) is 0 Å². The number of hydrogen-bond acceptors (Lipinski definition) is 3. The van der Waals surface area contributed by atoms with Gasteiger partial charge < -0.3 is 14.5 Å². The summed E-state index contributed by atoms with van der Waals surface area (Å²) in [5.74, 6) is 1.77. The second-order valence-electron chi connectivity index (χ2n) is 7.24. The summed E-state index contributed by atoms with van der Waals surface area (Å²) in [7, 11) is 8.55. The molecular weight excluding hydrogens is 331 g/mol. The van der Waals surface area contributed by atoms with E-state index in [2.05, 4.69) is 56.2 Å². The molecule has 0 unspecified atom stereocenters. The van der Waals surface area contributed by atoms with E-state index in [9.17, 15) is 0 Å². The lowest BCUT2D eigenvalue weighted by Gasteiger charge is -2.41. The van der Waals surface area contributed by atoms with Gasteiger partial charge >= 0.3 is 0 Å². The summed E-state index contributed by atoms with van der Waals surface area (Å²) in [5.41, 5.74) is 2.72. The fraction of sp³-hybridized carbons (Fsp3) is 0.667. The molecule has 1 aromatic rings. The Bertz CT molecular complexity index is 522. The zero-order chi connectivity index (χ0) is 15.0. The van der Waals surface area contributed by atoms with Crippen LogP contribution in [0.2, 0.25) is 0 Å². The Balaban J connectivity index is 0.00000132. The van der Waals surface area contributed by atoms with Gasteiger partial charge in [-0.15, -0.1) is 24.8 Å². The lowest BCUT2D eigenvalue weighted by molar-refractivity contribution is -0.0150. The maximum absolute atomic E-state index is 6.54. The predicted molar refractivity (Wildman–Crippen MR) is 103 cm³/mol. The first kappa shape index (κ1) is 20.4. The molecule has 132 valence electrons. The van der Waals surface area contributed by atoms with E-state index in [0.29, 0.717) is 5.92 Å². The number of rotatable bonds is 3. The molecule has 3 rings (SSSR count). The van der Waals surface area contributed by atoms with Gasteiger partial charge in [-0.1, -0.05) is 6.42 Å². The minimum atomic E-state index is 0. The largest absolute Gasteiger partial charge is 0.486 e. The Morgan fingerprint density at radius 3 is 2.52 bits per heavy atom. The number of anilines is 1. The minimum Gasteiger partial charge on any atom is -0.486 e. The molecule has 0 N–H and O–H groups in total. The summed E-state index contributed by atoms with van der Waals surface area (Å²) in [5, 5.41) is 0. The van der Waals surface area contributed by atoms with E-state index in [-0.39, 0.29) is 30.4 Å². The van der Waals surface area contributed by atoms with Crippen molar-refractivity contribution in [2.45, 2.75) is 37.7 Å². The Morgan fingerprint density at radius 2 is 1.87 bits per heavy atom. The van der Waals surface area contributed by atoms with Crippen molar-refractivity contribution in [1.82, 2.24) is 4.90 Å². The number of nitrogens with zero attached hydrogens (tertiary/aromatic N) is 2. The van der Waals surface area contributed by atoms with Crippen LogP contribution in [-0.2, 0) is 6.42 Å². The molecule has 2 aliphatic rings. The number of halogens is 2. The minimum absolute atomic E-state index is 0. The van der Waals surface area contributed by atoms with Crippen molar-refractivity contribution in [2.24, 2.45) is 5.92 Å². The van der Waals surface area contributed by atoms with Crippen LogP contribution in [0.3, 0.4) is 0 Å². The van der Waals surface area contributed by atoms with Crippen LogP contribution < -0.4 is 9.64 Å². The Hall–Kier alpha value is -0.640. The standard InChI is InChI=1S/C18H28N2O.2ClH/c1-19(2)13-15-7-5-6-10-18(15)12-14-11-16(20(3)4)8-9-17(14)21-18;;/h8-9,11,15H,5-7,10,12-13H2,1-4H3;2*1H/t15-,18+;;/m1../s1. The molecule has 1 heterocycles. The Morgan fingerprint density at radius 1 is 1.13 bits per heavy atom. The summed E-state index contributed by atoms with van der Waals surface area (Å²) in [6.07, 6.45) is 6.24. The van der Waals surface area contributed by atoms with Gasteiger partial charge in [0.15, 0.2) is 0 Å². The van der Waals surface area contributed by atoms with Crippen LogP contribution in [0.5, 0.6) is 5.75 Å². The molecule has 1 fully saturated rings. The van der Waals surface area contributed by atoms with Crippen LogP contribution in [0.15, 0.2) is 18.2 Å². The molecule has 1 aliphatic carbocycles. The molecule has 0 aromatic heterocycles. The Labute approximate surface area is 153 Å².